The summed E-state index contributed by atoms with van der Waals surface area (Å²) in [4.78, 5) is 15.4. The van der Waals surface area contributed by atoms with Crippen LogP contribution in [0.15, 0.2) is 48.4 Å². The Morgan fingerprint density at radius 3 is 2.80 bits per heavy atom. The van der Waals surface area contributed by atoms with Gasteiger partial charge in [-0.2, -0.15) is 0 Å². The van der Waals surface area contributed by atoms with Crippen molar-refractivity contribution in [3.8, 4) is 18.0 Å². The highest BCUT2D eigenvalue weighted by Crippen LogP contribution is 2.34. The molecule has 0 saturated carbocycles. The topological polar surface area (TPSA) is 105 Å². The first-order valence-electron chi connectivity index (χ1n) is 12.8. The number of aromatic nitrogens is 3. The van der Waals surface area contributed by atoms with Gasteiger partial charge < -0.3 is 14.8 Å². The molecule has 1 aliphatic rings. The van der Waals surface area contributed by atoms with Crippen molar-refractivity contribution in [3.05, 3.63) is 60.6 Å². The number of halogens is 2. The first-order valence-corrected chi connectivity index (χ1v) is 14.5. The molecule has 0 atom stereocenters. The van der Waals surface area contributed by atoms with Crippen LogP contribution in [0.4, 0.5) is 20.4 Å². The van der Waals surface area contributed by atoms with Crippen LogP contribution in [0.1, 0.15) is 31.7 Å². The summed E-state index contributed by atoms with van der Waals surface area (Å²) in [6.45, 7) is 7.31. The summed E-state index contributed by atoms with van der Waals surface area (Å²) in [5, 5.41) is 3.33. The molecule has 0 radical (unpaired) electrons. The largest absolute Gasteiger partial charge is 0.341 e. The third-order valence-corrected chi connectivity index (χ3v) is 8.12. The van der Waals surface area contributed by atoms with Gasteiger partial charge in [-0.05, 0) is 44.5 Å². The number of sulfonamides is 1. The van der Waals surface area contributed by atoms with Crippen molar-refractivity contribution in [2.24, 2.45) is 4.99 Å². The van der Waals surface area contributed by atoms with E-state index in [2.05, 4.69) is 32.5 Å². The fraction of sp³-hybridized carbons (Fsp3) is 0.321. The normalized spacial score (nSPS) is 14.9. The number of nitrogens with zero attached hydrogens (tertiary/aromatic N) is 5. The SMILES string of the molecule is C#CC=N/C=C(\C=C)c1cn(-c2c(F)ccc(NS(=O)(=O)CCC)c2F)c2cnc(N(C)C3CCNCC3)nc12. The zero-order valence-corrected chi connectivity index (χ0v) is 23.2. The van der Waals surface area contributed by atoms with Gasteiger partial charge >= 0.3 is 0 Å². The number of fused-ring (bicyclic) bond motifs is 1. The van der Waals surface area contributed by atoms with Crippen molar-refractivity contribution in [1.82, 2.24) is 19.9 Å². The number of aliphatic imine (C=N–C) groups is 1. The molecule has 0 bridgehead atoms. The van der Waals surface area contributed by atoms with E-state index in [-0.39, 0.29) is 17.5 Å². The number of terminal acetylenes is 1. The maximum Gasteiger partial charge on any atom is 0.232 e. The highest BCUT2D eigenvalue weighted by atomic mass is 32.2. The summed E-state index contributed by atoms with van der Waals surface area (Å²) < 4.78 is 59.2. The molecule has 12 heteroatoms. The van der Waals surface area contributed by atoms with Gasteiger partial charge in [-0.1, -0.05) is 25.5 Å². The van der Waals surface area contributed by atoms with Crippen molar-refractivity contribution in [2.75, 3.05) is 35.5 Å². The molecule has 0 aliphatic carbocycles. The van der Waals surface area contributed by atoms with Gasteiger partial charge in [0.05, 0.1) is 29.4 Å². The van der Waals surface area contributed by atoms with Gasteiger partial charge in [0.25, 0.3) is 0 Å². The average molecular weight is 568 g/mol. The molecule has 0 unspecified atom stereocenters. The van der Waals surface area contributed by atoms with Crippen molar-refractivity contribution >= 4 is 44.5 Å². The molecule has 1 aromatic carbocycles. The van der Waals surface area contributed by atoms with Gasteiger partial charge in [0, 0.05) is 36.6 Å². The first-order chi connectivity index (χ1) is 19.2. The molecule has 9 nitrogen and oxygen atoms in total. The smallest absolute Gasteiger partial charge is 0.232 e. The number of benzene rings is 1. The molecule has 3 aromatic rings. The summed E-state index contributed by atoms with van der Waals surface area (Å²) in [5.74, 6) is 0.583. The second-order valence-corrected chi connectivity index (χ2v) is 11.2. The van der Waals surface area contributed by atoms with Gasteiger partial charge in [0.2, 0.25) is 16.0 Å². The van der Waals surface area contributed by atoms with Gasteiger partial charge in [-0.3, -0.25) is 9.71 Å². The lowest BCUT2D eigenvalue weighted by Gasteiger charge is -2.31. The number of hydrogen-bond acceptors (Lipinski definition) is 7. The molecule has 1 saturated heterocycles. The number of hydrogen-bond donors (Lipinski definition) is 2. The Labute approximate surface area is 232 Å². The lowest BCUT2D eigenvalue weighted by molar-refractivity contribution is 0.440. The van der Waals surface area contributed by atoms with Crippen molar-refractivity contribution < 1.29 is 17.2 Å². The van der Waals surface area contributed by atoms with E-state index in [0.29, 0.717) is 34.5 Å². The lowest BCUT2D eigenvalue weighted by atomic mass is 10.1. The van der Waals surface area contributed by atoms with E-state index >= 15 is 8.78 Å². The van der Waals surface area contributed by atoms with Gasteiger partial charge in [-0.15, -0.1) is 6.42 Å². The molecule has 4 rings (SSSR count). The number of anilines is 2. The Morgan fingerprint density at radius 2 is 2.12 bits per heavy atom. The molecule has 1 fully saturated rings. The quantitative estimate of drug-likeness (QED) is 0.216. The predicted octanol–water partition coefficient (Wildman–Crippen LogP) is 4.27. The minimum absolute atomic E-state index is 0.206. The van der Waals surface area contributed by atoms with Gasteiger partial charge in [-0.25, -0.2) is 27.2 Å². The molecular formula is C28H31F2N7O2S. The van der Waals surface area contributed by atoms with E-state index in [0.717, 1.165) is 38.1 Å². The highest BCUT2D eigenvalue weighted by molar-refractivity contribution is 7.92. The molecule has 3 heterocycles. The maximum atomic E-state index is 15.8. The molecule has 1 aliphatic heterocycles. The van der Waals surface area contributed by atoms with Crippen LogP contribution in [-0.2, 0) is 10.0 Å². The Hall–Kier alpha value is -4.08. The predicted molar refractivity (Wildman–Crippen MR) is 156 cm³/mol. The summed E-state index contributed by atoms with van der Waals surface area (Å²) >= 11 is 0. The second kappa shape index (κ2) is 12.4. The fourth-order valence-electron chi connectivity index (χ4n) is 4.64. The summed E-state index contributed by atoms with van der Waals surface area (Å²) in [6, 6.07) is 2.29. The number of nitrogens with one attached hydrogen (secondary N) is 2. The minimum atomic E-state index is -3.82. The summed E-state index contributed by atoms with van der Waals surface area (Å²) in [6.07, 6.45) is 14.7. The number of allylic oxidation sites excluding steroid dienone is 2. The van der Waals surface area contributed by atoms with Crippen LogP contribution in [-0.4, -0.2) is 61.1 Å². The molecule has 40 heavy (non-hydrogen) atoms. The molecule has 2 aromatic heterocycles. The zero-order chi connectivity index (χ0) is 28.9. The van der Waals surface area contributed by atoms with Crippen LogP contribution in [0.25, 0.3) is 22.3 Å². The molecule has 0 amide bonds. The Kier molecular flexibility index (Phi) is 8.96. The summed E-state index contributed by atoms with van der Waals surface area (Å²) in [7, 11) is -1.91. The molecule has 210 valence electrons. The monoisotopic (exact) mass is 567 g/mol. The van der Waals surface area contributed by atoms with Gasteiger partial charge in [0.1, 0.15) is 17.0 Å². The third-order valence-electron chi connectivity index (χ3n) is 6.64. The minimum Gasteiger partial charge on any atom is -0.341 e. The average Bonchev–Trinajstić information content (AvgIpc) is 3.31. The first kappa shape index (κ1) is 28.9. The Balaban J connectivity index is 1.92. The van der Waals surface area contributed by atoms with Crippen LogP contribution >= 0.6 is 0 Å². The van der Waals surface area contributed by atoms with Crippen LogP contribution in [0.5, 0.6) is 0 Å². The van der Waals surface area contributed by atoms with E-state index in [1.807, 2.05) is 11.9 Å². The van der Waals surface area contributed by atoms with Gasteiger partial charge in [0.15, 0.2) is 5.82 Å². The second-order valence-electron chi connectivity index (χ2n) is 9.32. The number of rotatable bonds is 10. The molecular weight excluding hydrogens is 536 g/mol. The standard InChI is InChI=1S/C28H31F2N7O2S/c1-5-12-32-16-19(7-3)21-18-37(27-22(29)8-9-23(25(27)30)35-40(38,39)15-6-2)24-17-33-28(34-26(21)24)36(4)20-10-13-31-14-11-20/h1,7-9,12,16-18,20,31,35H,3,6,10-11,13-15H2,2,4H3/b19-16+,32-12?. The highest BCUT2D eigenvalue weighted by Gasteiger charge is 2.25. The van der Waals surface area contributed by atoms with E-state index in [1.165, 1.54) is 35.5 Å². The fourth-order valence-corrected chi connectivity index (χ4v) is 5.78. The van der Waals surface area contributed by atoms with Crippen molar-refractivity contribution in [3.63, 3.8) is 0 Å². The van der Waals surface area contributed by atoms with Crippen LogP contribution in [0, 0.1) is 24.0 Å². The zero-order valence-electron chi connectivity index (χ0n) is 22.4. The van der Waals surface area contributed by atoms with Crippen molar-refractivity contribution in [1.29, 1.82) is 0 Å². The van der Waals surface area contributed by atoms with E-state index in [9.17, 15) is 8.42 Å². The van der Waals surface area contributed by atoms with E-state index in [1.54, 1.807) is 6.92 Å². The van der Waals surface area contributed by atoms with E-state index < -0.39 is 27.3 Å². The number of piperidine rings is 1. The maximum absolute atomic E-state index is 15.8. The molecule has 2 N–H and O–H groups in total. The Bertz CT molecular complexity index is 1620. The Morgan fingerprint density at radius 1 is 1.38 bits per heavy atom. The van der Waals surface area contributed by atoms with E-state index in [4.69, 9.17) is 11.4 Å². The lowest BCUT2D eigenvalue weighted by Crippen LogP contribution is -2.41. The van der Waals surface area contributed by atoms with Crippen LogP contribution < -0.4 is 14.9 Å². The van der Waals surface area contributed by atoms with Crippen LogP contribution in [0.2, 0.25) is 0 Å². The van der Waals surface area contributed by atoms with Crippen molar-refractivity contribution in [2.45, 2.75) is 32.2 Å². The summed E-state index contributed by atoms with van der Waals surface area (Å²) in [5.41, 5.74) is 0.851. The molecule has 0 spiro atoms. The third kappa shape index (κ3) is 6.05. The van der Waals surface area contributed by atoms with Crippen LogP contribution in [0.3, 0.4) is 0 Å².